The summed E-state index contributed by atoms with van der Waals surface area (Å²) in [6.07, 6.45) is 0. The number of methoxy groups -OCH3 is 1. The van der Waals surface area contributed by atoms with Crippen molar-refractivity contribution >= 4 is 23.4 Å². The van der Waals surface area contributed by atoms with Crippen molar-refractivity contribution in [2.45, 2.75) is 0 Å². The zero-order valence-electron chi connectivity index (χ0n) is 16.8. The number of carbonyl (C=O) groups excluding carboxylic acids is 1. The molecule has 2 N–H and O–H groups in total. The molecule has 29 heavy (non-hydrogen) atoms. The van der Waals surface area contributed by atoms with Gasteiger partial charge in [0, 0.05) is 24.7 Å². The quantitative estimate of drug-likeness (QED) is 0.568. The van der Waals surface area contributed by atoms with Crippen LogP contribution in [0.2, 0.25) is 0 Å². The largest absolute Gasteiger partial charge is 0.465 e. The Morgan fingerprint density at radius 2 is 1.76 bits per heavy atom. The standard InChI is InChI=1S/C22H25N5O2/c1-27(2)14-13-23-22-25-19(16-9-5-4-6-10-16)15-20(26-22)24-18-12-8-7-11-17(18)21(28)29-3/h4-12,15H,13-14H2,1-3H3,(H2,23,24,25,26). The van der Waals surface area contributed by atoms with Crippen LogP contribution in [-0.2, 0) is 4.74 Å². The molecule has 1 aromatic heterocycles. The molecular weight excluding hydrogens is 366 g/mol. The van der Waals surface area contributed by atoms with E-state index in [1.54, 1.807) is 12.1 Å². The van der Waals surface area contributed by atoms with E-state index >= 15 is 0 Å². The predicted octanol–water partition coefficient (Wildman–Crippen LogP) is 3.65. The first-order valence-corrected chi connectivity index (χ1v) is 9.34. The molecule has 0 aliphatic rings. The number of nitrogens with zero attached hydrogens (tertiary/aromatic N) is 3. The Bertz CT molecular complexity index is 960. The smallest absolute Gasteiger partial charge is 0.339 e. The summed E-state index contributed by atoms with van der Waals surface area (Å²) in [5, 5.41) is 6.50. The number of benzene rings is 2. The Balaban J connectivity index is 1.94. The zero-order valence-corrected chi connectivity index (χ0v) is 16.8. The van der Waals surface area contributed by atoms with E-state index in [0.717, 1.165) is 17.8 Å². The average Bonchev–Trinajstić information content (AvgIpc) is 2.74. The number of likely N-dealkylation sites (N-methyl/N-ethyl adjacent to an activating group) is 1. The van der Waals surface area contributed by atoms with Crippen LogP contribution in [0.4, 0.5) is 17.5 Å². The predicted molar refractivity (Wildman–Crippen MR) is 116 cm³/mol. The molecule has 0 aliphatic carbocycles. The first-order chi connectivity index (χ1) is 14.1. The van der Waals surface area contributed by atoms with Crippen LogP contribution >= 0.6 is 0 Å². The van der Waals surface area contributed by atoms with Crippen molar-refractivity contribution in [1.82, 2.24) is 14.9 Å². The van der Waals surface area contributed by atoms with Crippen LogP contribution in [0, 0.1) is 0 Å². The maximum atomic E-state index is 12.1. The lowest BCUT2D eigenvalue weighted by molar-refractivity contribution is 0.0602. The highest BCUT2D eigenvalue weighted by molar-refractivity contribution is 5.96. The van der Waals surface area contributed by atoms with Crippen LogP contribution in [0.15, 0.2) is 60.7 Å². The summed E-state index contributed by atoms with van der Waals surface area (Å²) in [5.41, 5.74) is 2.83. The van der Waals surface area contributed by atoms with Gasteiger partial charge in [-0.3, -0.25) is 0 Å². The van der Waals surface area contributed by atoms with Crippen LogP contribution in [0.25, 0.3) is 11.3 Å². The number of aromatic nitrogens is 2. The third-order valence-corrected chi connectivity index (χ3v) is 4.23. The lowest BCUT2D eigenvalue weighted by Crippen LogP contribution is -2.21. The fraction of sp³-hybridized carbons (Fsp3) is 0.227. The highest BCUT2D eigenvalue weighted by Gasteiger charge is 2.13. The highest BCUT2D eigenvalue weighted by atomic mass is 16.5. The Hall–Kier alpha value is -3.45. The molecule has 3 aromatic rings. The molecule has 0 saturated heterocycles. The van der Waals surface area contributed by atoms with Gasteiger partial charge in [0.15, 0.2) is 0 Å². The molecule has 0 radical (unpaired) electrons. The molecule has 7 heteroatoms. The number of esters is 1. The molecule has 7 nitrogen and oxygen atoms in total. The number of anilines is 3. The number of rotatable bonds is 8. The van der Waals surface area contributed by atoms with Gasteiger partial charge in [-0.15, -0.1) is 0 Å². The molecule has 1 heterocycles. The van der Waals surface area contributed by atoms with E-state index in [4.69, 9.17) is 4.74 Å². The van der Waals surface area contributed by atoms with Gasteiger partial charge in [0.25, 0.3) is 0 Å². The van der Waals surface area contributed by atoms with E-state index in [0.29, 0.717) is 29.6 Å². The molecule has 150 valence electrons. The summed E-state index contributed by atoms with van der Waals surface area (Å²) in [4.78, 5) is 23.4. The molecule has 0 saturated carbocycles. The second kappa shape index (κ2) is 9.66. The van der Waals surface area contributed by atoms with Gasteiger partial charge >= 0.3 is 5.97 Å². The van der Waals surface area contributed by atoms with Crippen molar-refractivity contribution in [1.29, 1.82) is 0 Å². The minimum atomic E-state index is -0.408. The van der Waals surface area contributed by atoms with Crippen LogP contribution in [0.1, 0.15) is 10.4 Å². The Kier molecular flexibility index (Phi) is 6.76. The Morgan fingerprint density at radius 1 is 1.03 bits per heavy atom. The molecule has 2 aromatic carbocycles. The Morgan fingerprint density at radius 3 is 2.48 bits per heavy atom. The van der Waals surface area contributed by atoms with Gasteiger partial charge < -0.3 is 20.3 Å². The first-order valence-electron chi connectivity index (χ1n) is 9.34. The molecule has 0 fully saturated rings. The normalized spacial score (nSPS) is 10.6. The van der Waals surface area contributed by atoms with Crippen molar-refractivity contribution in [3.8, 4) is 11.3 Å². The second-order valence-corrected chi connectivity index (χ2v) is 6.72. The molecular formula is C22H25N5O2. The van der Waals surface area contributed by atoms with Crippen molar-refractivity contribution in [2.75, 3.05) is 44.9 Å². The molecule has 0 bridgehead atoms. The van der Waals surface area contributed by atoms with E-state index in [2.05, 4.69) is 25.5 Å². The van der Waals surface area contributed by atoms with Gasteiger partial charge in [-0.1, -0.05) is 42.5 Å². The third-order valence-electron chi connectivity index (χ3n) is 4.23. The molecule has 0 atom stereocenters. The number of carbonyl (C=O) groups is 1. The Labute approximate surface area is 170 Å². The number of hydrogen-bond acceptors (Lipinski definition) is 7. The fourth-order valence-corrected chi connectivity index (χ4v) is 2.76. The number of para-hydroxylation sites is 1. The third kappa shape index (κ3) is 5.52. The van der Waals surface area contributed by atoms with E-state index in [-0.39, 0.29) is 0 Å². The van der Waals surface area contributed by atoms with E-state index < -0.39 is 5.97 Å². The highest BCUT2D eigenvalue weighted by Crippen LogP contribution is 2.25. The van der Waals surface area contributed by atoms with Crippen molar-refractivity contribution in [3.63, 3.8) is 0 Å². The summed E-state index contributed by atoms with van der Waals surface area (Å²) >= 11 is 0. The molecule has 0 unspecified atom stereocenters. The first kappa shape index (κ1) is 20.3. The van der Waals surface area contributed by atoms with Gasteiger partial charge in [-0.25, -0.2) is 9.78 Å². The van der Waals surface area contributed by atoms with Crippen LogP contribution in [0.5, 0.6) is 0 Å². The molecule has 0 aliphatic heterocycles. The summed E-state index contributed by atoms with van der Waals surface area (Å²) in [6, 6.07) is 18.9. The average molecular weight is 391 g/mol. The summed E-state index contributed by atoms with van der Waals surface area (Å²) in [5.74, 6) is 0.698. The van der Waals surface area contributed by atoms with E-state index in [9.17, 15) is 4.79 Å². The topological polar surface area (TPSA) is 79.4 Å². The second-order valence-electron chi connectivity index (χ2n) is 6.72. The lowest BCUT2D eigenvalue weighted by Gasteiger charge is -2.14. The maximum Gasteiger partial charge on any atom is 0.339 e. The van der Waals surface area contributed by atoms with Crippen molar-refractivity contribution < 1.29 is 9.53 Å². The van der Waals surface area contributed by atoms with Gasteiger partial charge in [0.05, 0.1) is 24.1 Å². The van der Waals surface area contributed by atoms with Crippen molar-refractivity contribution in [2.24, 2.45) is 0 Å². The number of nitrogens with one attached hydrogen (secondary N) is 2. The molecule has 3 rings (SSSR count). The van der Waals surface area contributed by atoms with Gasteiger partial charge in [-0.05, 0) is 26.2 Å². The minimum absolute atomic E-state index is 0.408. The zero-order chi connectivity index (χ0) is 20.6. The lowest BCUT2D eigenvalue weighted by atomic mass is 10.1. The summed E-state index contributed by atoms with van der Waals surface area (Å²) in [7, 11) is 5.39. The maximum absolute atomic E-state index is 12.1. The van der Waals surface area contributed by atoms with Crippen LogP contribution in [0.3, 0.4) is 0 Å². The van der Waals surface area contributed by atoms with Gasteiger partial charge in [-0.2, -0.15) is 4.98 Å². The SMILES string of the molecule is COC(=O)c1ccccc1Nc1cc(-c2ccccc2)nc(NCCN(C)C)n1. The summed E-state index contributed by atoms with van der Waals surface area (Å²) < 4.78 is 4.88. The van der Waals surface area contributed by atoms with Crippen LogP contribution < -0.4 is 10.6 Å². The van der Waals surface area contributed by atoms with Gasteiger partial charge in [0.1, 0.15) is 5.82 Å². The number of hydrogen-bond donors (Lipinski definition) is 2. The fourth-order valence-electron chi connectivity index (χ4n) is 2.76. The monoisotopic (exact) mass is 391 g/mol. The van der Waals surface area contributed by atoms with Crippen LogP contribution in [-0.4, -0.2) is 55.1 Å². The number of ether oxygens (including phenoxy) is 1. The van der Waals surface area contributed by atoms with E-state index in [1.807, 2.05) is 62.6 Å². The summed E-state index contributed by atoms with van der Waals surface area (Å²) in [6.45, 7) is 1.57. The minimum Gasteiger partial charge on any atom is -0.465 e. The van der Waals surface area contributed by atoms with E-state index in [1.165, 1.54) is 7.11 Å². The van der Waals surface area contributed by atoms with Crippen molar-refractivity contribution in [3.05, 3.63) is 66.2 Å². The van der Waals surface area contributed by atoms with Gasteiger partial charge in [0.2, 0.25) is 5.95 Å². The molecule has 0 amide bonds. The molecule has 0 spiro atoms.